The van der Waals surface area contributed by atoms with E-state index in [1.54, 1.807) is 42.6 Å². The van der Waals surface area contributed by atoms with Crippen molar-refractivity contribution >= 4 is 32.6 Å². The topological polar surface area (TPSA) is 96.0 Å². The van der Waals surface area contributed by atoms with Gasteiger partial charge in [-0.25, -0.2) is 31.6 Å². The van der Waals surface area contributed by atoms with Gasteiger partial charge < -0.3 is 10.6 Å². The van der Waals surface area contributed by atoms with Crippen LogP contribution in [0.15, 0.2) is 60.8 Å². The largest absolute Gasteiger partial charge is 0.350 e. The Kier molecular flexibility index (Phi) is 6.98. The third-order valence-electron chi connectivity index (χ3n) is 6.14. The lowest BCUT2D eigenvalue weighted by Gasteiger charge is -2.23. The minimum absolute atomic E-state index is 0.197. The fourth-order valence-electron chi connectivity index (χ4n) is 4.31. The lowest BCUT2D eigenvalue weighted by Crippen LogP contribution is -2.38. The van der Waals surface area contributed by atoms with E-state index in [0.29, 0.717) is 22.4 Å². The first-order chi connectivity index (χ1) is 17.8. The number of hydrogen-bond donors (Lipinski definition) is 3. The van der Waals surface area contributed by atoms with Crippen molar-refractivity contribution in [1.29, 1.82) is 0 Å². The molecule has 7 nitrogen and oxygen atoms in total. The number of rotatable bonds is 7. The highest BCUT2D eigenvalue weighted by Crippen LogP contribution is 2.33. The molecule has 0 bridgehead atoms. The fourth-order valence-corrected chi connectivity index (χ4v) is 5.51. The van der Waals surface area contributed by atoms with E-state index in [4.69, 9.17) is 0 Å². The number of halogens is 3. The van der Waals surface area contributed by atoms with Crippen LogP contribution in [-0.2, 0) is 15.8 Å². The van der Waals surface area contributed by atoms with Crippen molar-refractivity contribution in [3.05, 3.63) is 83.8 Å². The van der Waals surface area contributed by atoms with Crippen LogP contribution < -0.4 is 15.4 Å². The molecule has 0 spiro atoms. The Labute approximate surface area is 212 Å². The molecule has 1 fully saturated rings. The summed E-state index contributed by atoms with van der Waals surface area (Å²) < 4.78 is 71.5. The number of aromatic nitrogens is 2. The molecule has 192 valence electrons. The van der Waals surface area contributed by atoms with E-state index in [9.17, 15) is 17.2 Å². The molecule has 0 radical (unpaired) electrons. The van der Waals surface area contributed by atoms with Crippen LogP contribution in [0.3, 0.4) is 0 Å². The molecule has 1 aliphatic heterocycles. The smallest absolute Gasteiger partial charge is 0.237 e. The second-order valence-electron chi connectivity index (χ2n) is 8.91. The van der Waals surface area contributed by atoms with E-state index >= 15 is 4.39 Å². The number of nitrogens with zero attached hydrogens (tertiary/aromatic N) is 2. The van der Waals surface area contributed by atoms with Crippen molar-refractivity contribution in [3.63, 3.8) is 0 Å². The summed E-state index contributed by atoms with van der Waals surface area (Å²) in [5.74, 6) is -4.29. The van der Waals surface area contributed by atoms with Gasteiger partial charge in [0.05, 0.1) is 11.3 Å². The molecular weight excluding hydrogens is 503 g/mol. The van der Waals surface area contributed by atoms with Gasteiger partial charge in [-0.3, -0.25) is 4.72 Å². The molecule has 1 atom stereocenters. The van der Waals surface area contributed by atoms with E-state index in [0.717, 1.165) is 32.0 Å². The average Bonchev–Trinajstić information content (AvgIpc) is 2.89. The molecule has 5 rings (SSSR count). The Balaban J connectivity index is 1.40. The Hall–Kier alpha value is -3.70. The van der Waals surface area contributed by atoms with Gasteiger partial charge in [0.2, 0.25) is 16.0 Å². The third-order valence-corrected chi connectivity index (χ3v) is 7.37. The van der Waals surface area contributed by atoms with Crippen molar-refractivity contribution in [3.8, 4) is 11.1 Å². The number of sulfonamides is 1. The van der Waals surface area contributed by atoms with Crippen molar-refractivity contribution < 1.29 is 21.6 Å². The van der Waals surface area contributed by atoms with Crippen LogP contribution in [0.25, 0.3) is 22.0 Å². The first-order valence-corrected chi connectivity index (χ1v) is 13.4. The number of benzene rings is 3. The molecule has 0 aliphatic carbocycles. The zero-order valence-electron chi connectivity index (χ0n) is 19.6. The second-order valence-corrected chi connectivity index (χ2v) is 10.6. The van der Waals surface area contributed by atoms with Crippen LogP contribution in [0.1, 0.15) is 18.4 Å². The highest BCUT2D eigenvalue weighted by atomic mass is 32.2. The van der Waals surface area contributed by atoms with Crippen molar-refractivity contribution in [2.75, 3.05) is 23.1 Å². The Morgan fingerprint density at radius 2 is 1.84 bits per heavy atom. The van der Waals surface area contributed by atoms with Gasteiger partial charge in [0.1, 0.15) is 5.69 Å². The monoisotopic (exact) mass is 527 g/mol. The van der Waals surface area contributed by atoms with E-state index in [2.05, 4.69) is 20.6 Å². The van der Waals surface area contributed by atoms with E-state index in [1.165, 1.54) is 12.1 Å². The van der Waals surface area contributed by atoms with Gasteiger partial charge in [-0.2, -0.15) is 0 Å². The molecule has 0 unspecified atom stereocenters. The van der Waals surface area contributed by atoms with Gasteiger partial charge in [0, 0.05) is 29.7 Å². The summed E-state index contributed by atoms with van der Waals surface area (Å²) in [7, 11) is -4.19. The number of fused-ring (bicyclic) bond motifs is 1. The summed E-state index contributed by atoms with van der Waals surface area (Å²) in [4.78, 5) is 8.80. The molecule has 11 heteroatoms. The number of anilines is 2. The van der Waals surface area contributed by atoms with Gasteiger partial charge in [-0.05, 0) is 48.7 Å². The van der Waals surface area contributed by atoms with Crippen molar-refractivity contribution in [2.24, 2.45) is 0 Å². The SMILES string of the molecule is O=S(=O)(Cc1ccccc1)Nc1c(F)cc(-c2ccc3nc(N[C@H]4CCCNC4)ncc3c2)c(F)c1F. The van der Waals surface area contributed by atoms with Crippen LogP contribution in [0, 0.1) is 17.5 Å². The van der Waals surface area contributed by atoms with Crippen LogP contribution in [-0.4, -0.2) is 37.5 Å². The van der Waals surface area contributed by atoms with E-state index in [-0.39, 0.29) is 17.2 Å². The van der Waals surface area contributed by atoms with Crippen LogP contribution in [0.5, 0.6) is 0 Å². The van der Waals surface area contributed by atoms with Gasteiger partial charge in [-0.1, -0.05) is 36.4 Å². The van der Waals surface area contributed by atoms with Gasteiger partial charge in [0.15, 0.2) is 17.5 Å². The third kappa shape index (κ3) is 5.67. The summed E-state index contributed by atoms with van der Waals surface area (Å²) in [6.45, 7) is 1.80. The highest BCUT2D eigenvalue weighted by molar-refractivity contribution is 7.91. The molecule has 37 heavy (non-hydrogen) atoms. The normalized spacial score (nSPS) is 16.0. The maximum absolute atomic E-state index is 15.0. The molecule has 3 aromatic carbocycles. The maximum atomic E-state index is 15.0. The quantitative estimate of drug-likeness (QED) is 0.298. The zero-order valence-corrected chi connectivity index (χ0v) is 20.5. The van der Waals surface area contributed by atoms with E-state index < -0.39 is 38.9 Å². The van der Waals surface area contributed by atoms with Crippen LogP contribution >= 0.6 is 0 Å². The van der Waals surface area contributed by atoms with Gasteiger partial charge in [-0.15, -0.1) is 0 Å². The molecular formula is C26H24F3N5O2S. The fraction of sp³-hybridized carbons (Fsp3) is 0.231. The summed E-state index contributed by atoms with van der Waals surface area (Å²) in [6, 6.07) is 13.7. The van der Waals surface area contributed by atoms with Crippen LogP contribution in [0.4, 0.5) is 24.8 Å². The molecule has 0 saturated carbocycles. The number of hydrogen-bond acceptors (Lipinski definition) is 6. The predicted octanol–water partition coefficient (Wildman–Crippen LogP) is 4.82. The lowest BCUT2D eigenvalue weighted by atomic mass is 10.0. The molecule has 1 saturated heterocycles. The molecule has 4 aromatic rings. The lowest BCUT2D eigenvalue weighted by molar-refractivity contribution is 0.478. The standard InChI is InChI=1S/C26H24F3N5O2S/c27-21-12-20(23(28)24(29)25(21)34-37(35,36)15-16-5-2-1-3-6-16)17-8-9-22-18(11-17)13-31-26(33-22)32-19-7-4-10-30-14-19/h1-3,5-6,8-9,11-13,19,30,34H,4,7,10,14-15H2,(H,31,32,33)/t19-/m0/s1. The minimum atomic E-state index is -4.19. The Morgan fingerprint density at radius 3 is 2.59 bits per heavy atom. The van der Waals surface area contributed by atoms with E-state index in [1.807, 2.05) is 4.72 Å². The van der Waals surface area contributed by atoms with Gasteiger partial charge in [0.25, 0.3) is 0 Å². The summed E-state index contributed by atoms with van der Waals surface area (Å²) in [6.07, 6.45) is 3.61. The first-order valence-electron chi connectivity index (χ1n) is 11.8. The summed E-state index contributed by atoms with van der Waals surface area (Å²) in [5, 5.41) is 7.14. The van der Waals surface area contributed by atoms with Crippen molar-refractivity contribution in [1.82, 2.24) is 15.3 Å². The number of piperidine rings is 1. The van der Waals surface area contributed by atoms with Crippen molar-refractivity contribution in [2.45, 2.75) is 24.6 Å². The minimum Gasteiger partial charge on any atom is -0.350 e. The second kappa shape index (κ2) is 10.3. The number of nitrogens with one attached hydrogen (secondary N) is 3. The van der Waals surface area contributed by atoms with Crippen LogP contribution in [0.2, 0.25) is 0 Å². The molecule has 1 aliphatic rings. The molecule has 0 amide bonds. The van der Waals surface area contributed by atoms with Gasteiger partial charge >= 0.3 is 0 Å². The summed E-state index contributed by atoms with van der Waals surface area (Å²) >= 11 is 0. The molecule has 2 heterocycles. The predicted molar refractivity (Wildman–Crippen MR) is 137 cm³/mol. The maximum Gasteiger partial charge on any atom is 0.237 e. The molecule has 1 aromatic heterocycles. The highest BCUT2D eigenvalue weighted by Gasteiger charge is 2.24. The zero-order chi connectivity index (χ0) is 26.0. The Bertz CT molecular complexity index is 1550. The summed E-state index contributed by atoms with van der Waals surface area (Å²) in [5.41, 5.74) is -0.216. The first kappa shape index (κ1) is 25.0. The average molecular weight is 528 g/mol. The Morgan fingerprint density at radius 1 is 1.03 bits per heavy atom. The molecule has 3 N–H and O–H groups in total.